The molecule has 0 fully saturated rings. The van der Waals surface area contributed by atoms with Crippen LogP contribution in [0.1, 0.15) is 24.0 Å². The molecule has 0 aliphatic carbocycles. The van der Waals surface area contributed by atoms with Crippen molar-refractivity contribution in [2.45, 2.75) is 19.8 Å². The van der Waals surface area contributed by atoms with Crippen LogP contribution >= 0.6 is 0 Å². The molecule has 0 spiro atoms. The Morgan fingerprint density at radius 1 is 1.46 bits per heavy atom. The lowest BCUT2D eigenvalue weighted by Crippen LogP contribution is -1.95. The summed E-state index contributed by atoms with van der Waals surface area (Å²) in [6, 6.07) is 6.20. The molecule has 0 aliphatic rings. The van der Waals surface area contributed by atoms with E-state index < -0.39 is 0 Å². The van der Waals surface area contributed by atoms with Crippen LogP contribution in [0.5, 0.6) is 5.75 Å². The maximum atomic E-state index is 5.28. The van der Waals surface area contributed by atoms with Crippen molar-refractivity contribution in [2.75, 3.05) is 7.11 Å². The fourth-order valence-electron chi connectivity index (χ4n) is 1.34. The Bertz CT molecular complexity index is 302. The van der Waals surface area contributed by atoms with Gasteiger partial charge in [0.15, 0.2) is 0 Å². The predicted octanol–water partition coefficient (Wildman–Crippen LogP) is 3.29. The van der Waals surface area contributed by atoms with Gasteiger partial charge in [-0.3, -0.25) is 0 Å². The second kappa shape index (κ2) is 4.13. The van der Waals surface area contributed by atoms with E-state index in [1.807, 2.05) is 12.1 Å². The molecule has 0 aliphatic heterocycles. The van der Waals surface area contributed by atoms with Gasteiger partial charge in [-0.25, -0.2) is 0 Å². The van der Waals surface area contributed by atoms with E-state index in [9.17, 15) is 0 Å². The van der Waals surface area contributed by atoms with Gasteiger partial charge in [-0.05, 0) is 13.0 Å². The molecule has 0 amide bonds. The molecule has 0 heterocycles. The third-order valence-corrected chi connectivity index (χ3v) is 2.23. The van der Waals surface area contributed by atoms with Crippen LogP contribution in [0, 0.1) is 6.92 Å². The van der Waals surface area contributed by atoms with Crippen LogP contribution in [0.4, 0.5) is 0 Å². The van der Waals surface area contributed by atoms with Crippen LogP contribution in [0.25, 0.3) is 0 Å². The molecule has 1 aromatic rings. The summed E-state index contributed by atoms with van der Waals surface area (Å²) in [7, 11) is 1.70. The number of hydrogen-bond acceptors (Lipinski definition) is 1. The topological polar surface area (TPSA) is 9.23 Å². The van der Waals surface area contributed by atoms with Gasteiger partial charge in [-0.2, -0.15) is 0 Å². The van der Waals surface area contributed by atoms with Gasteiger partial charge in [0.05, 0.1) is 7.11 Å². The molecule has 1 atom stereocenters. The van der Waals surface area contributed by atoms with E-state index in [1.165, 1.54) is 11.1 Å². The van der Waals surface area contributed by atoms with Crippen LogP contribution in [-0.4, -0.2) is 7.11 Å². The van der Waals surface area contributed by atoms with Crippen LogP contribution in [0.15, 0.2) is 30.9 Å². The molecule has 0 saturated carbocycles. The number of hydrogen-bond donors (Lipinski definition) is 0. The molecule has 0 aromatic heterocycles. The molecule has 0 N–H and O–H groups in total. The predicted molar refractivity (Wildman–Crippen MR) is 56.3 cm³/mol. The monoisotopic (exact) mass is 176 g/mol. The summed E-state index contributed by atoms with van der Waals surface area (Å²) < 4.78 is 5.28. The Morgan fingerprint density at radius 2 is 2.15 bits per heavy atom. The Morgan fingerprint density at radius 3 is 2.69 bits per heavy atom. The van der Waals surface area contributed by atoms with E-state index in [-0.39, 0.29) is 0 Å². The highest BCUT2D eigenvalue weighted by Crippen LogP contribution is 2.27. The van der Waals surface area contributed by atoms with Crippen molar-refractivity contribution in [1.29, 1.82) is 0 Å². The van der Waals surface area contributed by atoms with Gasteiger partial charge in [-0.1, -0.05) is 30.7 Å². The first-order chi connectivity index (χ1) is 6.19. The summed E-state index contributed by atoms with van der Waals surface area (Å²) in [5, 5.41) is 0. The van der Waals surface area contributed by atoms with Crippen LogP contribution < -0.4 is 4.74 Å². The van der Waals surface area contributed by atoms with Crippen LogP contribution in [-0.2, 0) is 0 Å². The number of rotatable bonds is 3. The molecule has 1 rings (SSSR count). The molecule has 70 valence electrons. The van der Waals surface area contributed by atoms with E-state index in [0.717, 1.165) is 5.75 Å². The van der Waals surface area contributed by atoms with Gasteiger partial charge in [0.2, 0.25) is 0 Å². The first-order valence-electron chi connectivity index (χ1n) is 4.46. The Kier molecular flexibility index (Phi) is 3.13. The van der Waals surface area contributed by atoms with Gasteiger partial charge in [-0.15, -0.1) is 6.58 Å². The maximum absolute atomic E-state index is 5.28. The Hall–Kier alpha value is -1.24. The molecule has 0 saturated heterocycles. The molecular weight excluding hydrogens is 160 g/mol. The lowest BCUT2D eigenvalue weighted by molar-refractivity contribution is 0.408. The molecule has 1 unspecified atom stereocenters. The van der Waals surface area contributed by atoms with E-state index in [2.05, 4.69) is 32.6 Å². The third-order valence-electron chi connectivity index (χ3n) is 2.23. The molecule has 1 aromatic carbocycles. The first-order valence-corrected chi connectivity index (χ1v) is 4.46. The molecule has 13 heavy (non-hydrogen) atoms. The zero-order valence-corrected chi connectivity index (χ0v) is 8.50. The highest BCUT2D eigenvalue weighted by molar-refractivity contribution is 5.40. The van der Waals surface area contributed by atoms with Crippen molar-refractivity contribution in [3.63, 3.8) is 0 Å². The first kappa shape index (κ1) is 9.85. The minimum absolute atomic E-state index is 0.342. The van der Waals surface area contributed by atoms with Gasteiger partial charge in [0.25, 0.3) is 0 Å². The van der Waals surface area contributed by atoms with Crippen LogP contribution in [0.3, 0.4) is 0 Å². The third kappa shape index (κ3) is 2.11. The van der Waals surface area contributed by atoms with E-state index >= 15 is 0 Å². The van der Waals surface area contributed by atoms with Gasteiger partial charge >= 0.3 is 0 Å². The normalized spacial score (nSPS) is 12.2. The Balaban J connectivity index is 3.14. The van der Waals surface area contributed by atoms with Gasteiger partial charge in [0.1, 0.15) is 5.75 Å². The smallest absolute Gasteiger partial charge is 0.122 e. The average molecular weight is 176 g/mol. The fraction of sp³-hybridized carbons (Fsp3) is 0.333. The molecule has 1 heteroatoms. The summed E-state index contributed by atoms with van der Waals surface area (Å²) in [5.74, 6) is 1.29. The number of ether oxygens (including phenoxy) is 1. The standard InChI is InChI=1S/C12H16O/c1-5-10(3)11-8-9(2)6-7-12(11)13-4/h5-8,10H,1H2,2-4H3. The minimum Gasteiger partial charge on any atom is -0.496 e. The summed E-state index contributed by atoms with van der Waals surface area (Å²) >= 11 is 0. The number of benzene rings is 1. The summed E-state index contributed by atoms with van der Waals surface area (Å²) in [4.78, 5) is 0. The largest absolute Gasteiger partial charge is 0.496 e. The van der Waals surface area contributed by atoms with Crippen molar-refractivity contribution in [3.05, 3.63) is 42.0 Å². The van der Waals surface area contributed by atoms with Gasteiger partial charge in [0, 0.05) is 11.5 Å². The van der Waals surface area contributed by atoms with Crippen molar-refractivity contribution >= 4 is 0 Å². The highest BCUT2D eigenvalue weighted by Gasteiger charge is 2.07. The summed E-state index contributed by atoms with van der Waals surface area (Å²) in [6.45, 7) is 7.98. The van der Waals surface area contributed by atoms with Crippen molar-refractivity contribution in [2.24, 2.45) is 0 Å². The Labute approximate surface area is 80.0 Å². The quantitative estimate of drug-likeness (QED) is 0.642. The van der Waals surface area contributed by atoms with Crippen molar-refractivity contribution in [3.8, 4) is 5.75 Å². The summed E-state index contributed by atoms with van der Waals surface area (Å²) in [5.41, 5.74) is 2.46. The van der Waals surface area contributed by atoms with Crippen molar-refractivity contribution in [1.82, 2.24) is 0 Å². The number of methoxy groups -OCH3 is 1. The van der Waals surface area contributed by atoms with Gasteiger partial charge < -0.3 is 4.74 Å². The van der Waals surface area contributed by atoms with E-state index in [0.29, 0.717) is 5.92 Å². The lowest BCUT2D eigenvalue weighted by Gasteiger charge is -2.12. The molecule has 0 bridgehead atoms. The number of aryl methyl sites for hydroxylation is 1. The van der Waals surface area contributed by atoms with E-state index in [4.69, 9.17) is 4.74 Å². The molecule has 1 nitrogen and oxygen atoms in total. The second-order valence-electron chi connectivity index (χ2n) is 3.27. The maximum Gasteiger partial charge on any atom is 0.122 e. The SMILES string of the molecule is C=CC(C)c1cc(C)ccc1OC. The lowest BCUT2D eigenvalue weighted by atomic mass is 9.98. The molecule has 0 radical (unpaired) electrons. The second-order valence-corrected chi connectivity index (χ2v) is 3.27. The average Bonchev–Trinajstić information content (AvgIpc) is 2.16. The minimum atomic E-state index is 0.342. The number of allylic oxidation sites excluding steroid dienone is 1. The molecular formula is C12H16O. The highest BCUT2D eigenvalue weighted by atomic mass is 16.5. The van der Waals surface area contributed by atoms with E-state index in [1.54, 1.807) is 7.11 Å². The van der Waals surface area contributed by atoms with Crippen molar-refractivity contribution < 1.29 is 4.74 Å². The zero-order chi connectivity index (χ0) is 9.84. The zero-order valence-electron chi connectivity index (χ0n) is 8.50. The summed E-state index contributed by atoms with van der Waals surface area (Å²) in [6.07, 6.45) is 1.93. The fourth-order valence-corrected chi connectivity index (χ4v) is 1.34. The van der Waals surface area contributed by atoms with Crippen LogP contribution in [0.2, 0.25) is 0 Å².